The molecule has 128 valence electrons. The fourth-order valence-corrected chi connectivity index (χ4v) is 3.29. The molecular formula is C19H14N4O3. The number of nitrogens with zero attached hydrogens (tertiary/aromatic N) is 4. The summed E-state index contributed by atoms with van der Waals surface area (Å²) in [6.45, 7) is 3.86. The smallest absolute Gasteiger partial charge is 0.278 e. The molecule has 0 spiro atoms. The first kappa shape index (κ1) is 15.9. The molecule has 0 aliphatic rings. The van der Waals surface area contributed by atoms with Crippen LogP contribution in [-0.4, -0.2) is 25.6 Å². The summed E-state index contributed by atoms with van der Waals surface area (Å²) in [6.07, 6.45) is 0.671. The van der Waals surface area contributed by atoms with Gasteiger partial charge in [-0.2, -0.15) is 0 Å². The molecule has 3 heterocycles. The Morgan fingerprint density at radius 3 is 2.62 bits per heavy atom. The molecule has 0 unspecified atom stereocenters. The van der Waals surface area contributed by atoms with Gasteiger partial charge in [-0.3, -0.25) is 19.3 Å². The molecule has 0 saturated heterocycles. The third-order valence-electron chi connectivity index (χ3n) is 4.39. The molecule has 7 nitrogen and oxygen atoms in total. The van der Waals surface area contributed by atoms with E-state index in [-0.39, 0.29) is 17.1 Å². The van der Waals surface area contributed by atoms with E-state index in [1.165, 1.54) is 6.07 Å². The maximum atomic E-state index is 11.9. The summed E-state index contributed by atoms with van der Waals surface area (Å²) in [4.78, 5) is 31.9. The number of rotatable bonds is 3. The highest BCUT2D eigenvalue weighted by molar-refractivity contribution is 5.93. The number of hydrogen-bond donors (Lipinski definition) is 0. The first-order chi connectivity index (χ1) is 12.5. The minimum absolute atomic E-state index is 0.0939. The topological polar surface area (TPSA) is 90.4 Å². The van der Waals surface area contributed by atoms with Crippen molar-refractivity contribution < 1.29 is 9.72 Å². The number of pyridine rings is 2. The van der Waals surface area contributed by atoms with E-state index < -0.39 is 4.92 Å². The van der Waals surface area contributed by atoms with E-state index in [1.807, 2.05) is 26.0 Å². The molecular weight excluding hydrogens is 332 g/mol. The first-order valence-electron chi connectivity index (χ1n) is 7.99. The number of nitro groups is 1. The van der Waals surface area contributed by atoms with Gasteiger partial charge in [0.2, 0.25) is 0 Å². The number of fused-ring (bicyclic) bond motifs is 3. The minimum Gasteiger partial charge on any atom is -0.296 e. The van der Waals surface area contributed by atoms with Crippen LogP contribution >= 0.6 is 0 Å². The van der Waals surface area contributed by atoms with E-state index in [2.05, 4.69) is 9.97 Å². The third kappa shape index (κ3) is 2.25. The normalized spacial score (nSPS) is 11.2. The van der Waals surface area contributed by atoms with Gasteiger partial charge in [0.15, 0.2) is 6.29 Å². The van der Waals surface area contributed by atoms with Crippen LogP contribution in [0.5, 0.6) is 0 Å². The summed E-state index contributed by atoms with van der Waals surface area (Å²) >= 11 is 0. The average molecular weight is 346 g/mol. The Balaban J connectivity index is 2.16. The molecule has 0 amide bonds. The quantitative estimate of drug-likeness (QED) is 0.319. The van der Waals surface area contributed by atoms with Gasteiger partial charge in [-0.05, 0) is 43.7 Å². The van der Waals surface area contributed by atoms with Crippen LogP contribution in [0.3, 0.4) is 0 Å². The van der Waals surface area contributed by atoms with E-state index >= 15 is 0 Å². The summed E-state index contributed by atoms with van der Waals surface area (Å²) in [5.41, 5.74) is 3.72. The number of carbonyl (C=O) groups is 1. The van der Waals surface area contributed by atoms with Crippen molar-refractivity contribution in [2.45, 2.75) is 13.8 Å². The predicted molar refractivity (Wildman–Crippen MR) is 97.4 cm³/mol. The second-order valence-corrected chi connectivity index (χ2v) is 6.08. The van der Waals surface area contributed by atoms with Gasteiger partial charge in [-0.25, -0.2) is 9.97 Å². The van der Waals surface area contributed by atoms with Crippen LogP contribution < -0.4 is 0 Å². The van der Waals surface area contributed by atoms with Crippen LogP contribution in [0.1, 0.15) is 21.7 Å². The maximum absolute atomic E-state index is 11.9. The van der Waals surface area contributed by atoms with Crippen molar-refractivity contribution in [2.24, 2.45) is 0 Å². The number of imidazole rings is 1. The molecule has 0 N–H and O–H groups in total. The van der Waals surface area contributed by atoms with Gasteiger partial charge in [0, 0.05) is 17.1 Å². The Hall–Kier alpha value is -3.61. The SMILES string of the molecule is Cc1cc(C)c2ccc3nc(-c4ccccc4[N+](=O)[O-])c(C=O)n3c2n1. The number of benzene rings is 1. The Morgan fingerprint density at radius 2 is 1.88 bits per heavy atom. The number of aldehydes is 1. The van der Waals surface area contributed by atoms with Crippen molar-refractivity contribution in [3.63, 3.8) is 0 Å². The van der Waals surface area contributed by atoms with Gasteiger partial charge in [-0.1, -0.05) is 12.1 Å². The number of aromatic nitrogens is 3. The number of hydrogen-bond acceptors (Lipinski definition) is 5. The van der Waals surface area contributed by atoms with E-state index in [1.54, 1.807) is 28.7 Å². The lowest BCUT2D eigenvalue weighted by Gasteiger charge is -2.07. The van der Waals surface area contributed by atoms with Crippen LogP contribution in [0.2, 0.25) is 0 Å². The van der Waals surface area contributed by atoms with Gasteiger partial charge < -0.3 is 0 Å². The molecule has 1 aromatic carbocycles. The standard InChI is InChI=1S/C19H14N4O3/c1-11-9-12(2)20-19-13(11)7-8-17-21-18(16(10-24)22(17)19)14-5-3-4-6-15(14)23(25)26/h3-10H,1-2H3. The predicted octanol–water partition coefficient (Wildman–Crippen LogP) is 3.89. The van der Waals surface area contributed by atoms with Gasteiger partial charge in [0.05, 0.1) is 10.5 Å². The van der Waals surface area contributed by atoms with Crippen LogP contribution in [0.4, 0.5) is 5.69 Å². The summed E-state index contributed by atoms with van der Waals surface area (Å²) in [6, 6.07) is 11.9. The Labute approximate surface area is 148 Å². The first-order valence-corrected chi connectivity index (χ1v) is 7.99. The van der Waals surface area contributed by atoms with E-state index in [0.717, 1.165) is 16.6 Å². The monoisotopic (exact) mass is 346 g/mol. The highest BCUT2D eigenvalue weighted by Gasteiger charge is 2.23. The molecule has 0 aliphatic heterocycles. The number of nitro benzene ring substituents is 1. The zero-order valence-electron chi connectivity index (χ0n) is 14.1. The van der Waals surface area contributed by atoms with Crippen LogP contribution in [0.15, 0.2) is 42.5 Å². The highest BCUT2D eigenvalue weighted by Crippen LogP contribution is 2.33. The summed E-state index contributed by atoms with van der Waals surface area (Å²) in [7, 11) is 0. The zero-order chi connectivity index (χ0) is 18.4. The van der Waals surface area contributed by atoms with Gasteiger partial charge >= 0.3 is 0 Å². The maximum Gasteiger partial charge on any atom is 0.278 e. The molecule has 0 aliphatic carbocycles. The lowest BCUT2D eigenvalue weighted by atomic mass is 10.1. The van der Waals surface area contributed by atoms with Gasteiger partial charge in [0.1, 0.15) is 22.7 Å². The second kappa shape index (κ2) is 5.73. The summed E-state index contributed by atoms with van der Waals surface area (Å²) in [5.74, 6) is 0. The van der Waals surface area contributed by atoms with E-state index in [9.17, 15) is 14.9 Å². The molecule has 3 aromatic heterocycles. The lowest BCUT2D eigenvalue weighted by molar-refractivity contribution is -0.384. The Kier molecular flexibility index (Phi) is 3.50. The highest BCUT2D eigenvalue weighted by atomic mass is 16.6. The van der Waals surface area contributed by atoms with Crippen molar-refractivity contribution in [1.29, 1.82) is 0 Å². The fourth-order valence-electron chi connectivity index (χ4n) is 3.29. The number of carbonyl (C=O) groups excluding carboxylic acids is 1. The number of para-hydroxylation sites is 1. The fraction of sp³-hybridized carbons (Fsp3) is 0.105. The summed E-state index contributed by atoms with van der Waals surface area (Å²) < 4.78 is 1.66. The summed E-state index contributed by atoms with van der Waals surface area (Å²) in [5, 5.41) is 12.3. The minimum atomic E-state index is -0.474. The van der Waals surface area contributed by atoms with Crippen molar-refractivity contribution in [3.05, 3.63) is 69.5 Å². The molecule has 0 radical (unpaired) electrons. The molecule has 0 saturated carbocycles. The van der Waals surface area contributed by atoms with Gasteiger partial charge in [-0.15, -0.1) is 0 Å². The third-order valence-corrected chi connectivity index (χ3v) is 4.39. The van der Waals surface area contributed by atoms with E-state index in [0.29, 0.717) is 23.1 Å². The molecule has 26 heavy (non-hydrogen) atoms. The largest absolute Gasteiger partial charge is 0.296 e. The Bertz CT molecular complexity index is 1210. The second-order valence-electron chi connectivity index (χ2n) is 6.08. The zero-order valence-corrected chi connectivity index (χ0v) is 14.1. The van der Waals surface area contributed by atoms with Crippen molar-refractivity contribution in [1.82, 2.24) is 14.4 Å². The van der Waals surface area contributed by atoms with Crippen LogP contribution in [-0.2, 0) is 0 Å². The molecule has 7 heteroatoms. The van der Waals surface area contributed by atoms with Gasteiger partial charge in [0.25, 0.3) is 5.69 Å². The van der Waals surface area contributed by atoms with Crippen molar-refractivity contribution in [2.75, 3.05) is 0 Å². The van der Waals surface area contributed by atoms with Crippen molar-refractivity contribution in [3.8, 4) is 11.3 Å². The molecule has 4 aromatic rings. The average Bonchev–Trinajstić information content (AvgIpc) is 3.00. The van der Waals surface area contributed by atoms with E-state index in [4.69, 9.17) is 0 Å². The lowest BCUT2D eigenvalue weighted by Crippen LogP contribution is -2.00. The van der Waals surface area contributed by atoms with Crippen LogP contribution in [0, 0.1) is 24.0 Å². The molecule has 0 fully saturated rings. The number of aryl methyl sites for hydroxylation is 2. The molecule has 0 bridgehead atoms. The molecule has 0 atom stereocenters. The Morgan fingerprint density at radius 1 is 1.12 bits per heavy atom. The molecule has 4 rings (SSSR count). The van der Waals surface area contributed by atoms with Crippen molar-refractivity contribution >= 4 is 28.7 Å². The van der Waals surface area contributed by atoms with Crippen LogP contribution in [0.25, 0.3) is 27.9 Å².